The first kappa shape index (κ1) is 14.1. The fourth-order valence-corrected chi connectivity index (χ4v) is 2.16. The largest absolute Gasteiger partial charge is 0.365 e. The van der Waals surface area contributed by atoms with E-state index in [0.29, 0.717) is 11.6 Å². The number of hydrogen-bond acceptors (Lipinski definition) is 6. The van der Waals surface area contributed by atoms with Crippen LogP contribution in [0.5, 0.6) is 0 Å². The normalized spacial score (nSPS) is 11.0. The molecule has 0 aliphatic carbocycles. The summed E-state index contributed by atoms with van der Waals surface area (Å²) < 4.78 is 3.62. The Morgan fingerprint density at radius 3 is 2.50 bits per heavy atom. The molecule has 3 aromatic rings. The van der Waals surface area contributed by atoms with E-state index in [0.717, 1.165) is 15.8 Å². The quantitative estimate of drug-likeness (QED) is 0.452. The van der Waals surface area contributed by atoms with E-state index in [-0.39, 0.29) is 11.3 Å². The first-order valence-electron chi connectivity index (χ1n) is 6.40. The van der Waals surface area contributed by atoms with Gasteiger partial charge in [0.2, 0.25) is 4.77 Å². The van der Waals surface area contributed by atoms with Crippen LogP contribution >= 0.6 is 12.2 Å². The van der Waals surface area contributed by atoms with Crippen molar-refractivity contribution in [3.63, 3.8) is 0 Å². The van der Waals surface area contributed by atoms with Crippen LogP contribution in [0.3, 0.4) is 0 Å². The van der Waals surface area contributed by atoms with E-state index in [4.69, 9.17) is 23.9 Å². The van der Waals surface area contributed by atoms with Crippen LogP contribution in [0, 0.1) is 11.7 Å². The maximum atomic E-state index is 12.2. The van der Waals surface area contributed by atoms with Crippen LogP contribution in [0.4, 0.5) is 0 Å². The molecular formula is C12H14N8OS. The maximum absolute atomic E-state index is 12.2. The minimum absolute atomic E-state index is 0.0610. The van der Waals surface area contributed by atoms with E-state index in [1.54, 1.807) is 0 Å². The number of aromatic amines is 1. The van der Waals surface area contributed by atoms with Gasteiger partial charge in [-0.1, -0.05) is 29.8 Å². The number of benzene rings is 1. The summed E-state index contributed by atoms with van der Waals surface area (Å²) in [6.07, 6.45) is 0. The van der Waals surface area contributed by atoms with Crippen LogP contribution in [-0.2, 0) is 6.54 Å². The molecule has 114 valence electrons. The molecule has 2 heterocycles. The van der Waals surface area contributed by atoms with Crippen LogP contribution in [0.15, 0.2) is 29.1 Å². The zero-order chi connectivity index (χ0) is 15.9. The van der Waals surface area contributed by atoms with E-state index >= 15 is 0 Å². The van der Waals surface area contributed by atoms with Gasteiger partial charge >= 0.3 is 5.69 Å². The smallest absolute Gasteiger partial charge is 0.335 e. The zero-order valence-electron chi connectivity index (χ0n) is 11.7. The highest BCUT2D eigenvalue weighted by Crippen LogP contribution is 2.15. The molecule has 0 aliphatic rings. The third kappa shape index (κ3) is 2.29. The molecule has 0 radical (unpaired) electrons. The third-order valence-corrected chi connectivity index (χ3v) is 3.54. The van der Waals surface area contributed by atoms with Crippen molar-refractivity contribution in [2.45, 2.75) is 13.5 Å². The van der Waals surface area contributed by atoms with Gasteiger partial charge in [0, 0.05) is 5.56 Å². The number of nitrogens with zero attached hydrogens (tertiary/aromatic N) is 5. The van der Waals surface area contributed by atoms with Crippen LogP contribution in [0.2, 0.25) is 0 Å². The molecule has 0 amide bonds. The second-order valence-electron chi connectivity index (χ2n) is 4.81. The van der Waals surface area contributed by atoms with Crippen LogP contribution in [0.25, 0.3) is 11.4 Å². The predicted molar refractivity (Wildman–Crippen MR) is 83.5 cm³/mol. The fraction of sp³-hybridized carbons (Fsp3) is 0.167. The van der Waals surface area contributed by atoms with Gasteiger partial charge in [-0.15, -0.1) is 5.10 Å². The molecule has 0 saturated carbocycles. The summed E-state index contributed by atoms with van der Waals surface area (Å²) in [4.78, 5) is 12.2. The second kappa shape index (κ2) is 5.15. The lowest BCUT2D eigenvalue weighted by Gasteiger charge is -1.99. The number of nitrogens with two attached hydrogens (primary N) is 2. The number of H-pyrrole nitrogens is 1. The lowest BCUT2D eigenvalue weighted by Crippen LogP contribution is -2.31. The van der Waals surface area contributed by atoms with Gasteiger partial charge in [0.15, 0.2) is 11.6 Å². The molecule has 2 aromatic heterocycles. The third-order valence-electron chi connectivity index (χ3n) is 3.25. The highest BCUT2D eigenvalue weighted by Gasteiger charge is 2.15. The first-order chi connectivity index (χ1) is 10.5. The lowest BCUT2D eigenvalue weighted by atomic mass is 10.1. The van der Waals surface area contributed by atoms with Crippen molar-refractivity contribution in [2.75, 3.05) is 11.7 Å². The number of aryl methyl sites for hydroxylation is 1. The summed E-state index contributed by atoms with van der Waals surface area (Å²) >= 11 is 4.93. The van der Waals surface area contributed by atoms with Gasteiger partial charge in [0.25, 0.3) is 0 Å². The highest BCUT2D eigenvalue weighted by molar-refractivity contribution is 7.71. The molecule has 22 heavy (non-hydrogen) atoms. The molecule has 0 fully saturated rings. The Morgan fingerprint density at radius 2 is 1.91 bits per heavy atom. The Kier molecular flexibility index (Phi) is 3.29. The summed E-state index contributed by atoms with van der Waals surface area (Å²) in [6.45, 7) is 2.04. The number of nitrogen functional groups attached to an aromatic ring is 2. The average molecular weight is 318 g/mol. The molecule has 1 aromatic carbocycles. The molecule has 0 aliphatic heterocycles. The van der Waals surface area contributed by atoms with Gasteiger partial charge in [-0.2, -0.15) is 9.77 Å². The Labute approximate surface area is 129 Å². The van der Waals surface area contributed by atoms with E-state index in [2.05, 4.69) is 15.3 Å². The highest BCUT2D eigenvalue weighted by atomic mass is 32.1. The Hall–Kier alpha value is -2.88. The summed E-state index contributed by atoms with van der Waals surface area (Å²) in [6, 6.07) is 7.54. The lowest BCUT2D eigenvalue weighted by molar-refractivity contribution is 0.611. The van der Waals surface area contributed by atoms with Crippen molar-refractivity contribution in [3.8, 4) is 11.4 Å². The van der Waals surface area contributed by atoms with Gasteiger partial charge in [-0.05, 0) is 19.1 Å². The molecule has 3 rings (SSSR count). The molecule has 0 saturated heterocycles. The summed E-state index contributed by atoms with van der Waals surface area (Å²) in [5.41, 5.74) is 1.38. The Balaban J connectivity index is 2.02. The van der Waals surface area contributed by atoms with Gasteiger partial charge < -0.3 is 11.7 Å². The van der Waals surface area contributed by atoms with Crippen molar-refractivity contribution >= 4 is 12.2 Å². The predicted octanol–water partition coefficient (Wildman–Crippen LogP) is -0.250. The molecule has 5 N–H and O–H groups in total. The van der Waals surface area contributed by atoms with Crippen molar-refractivity contribution in [1.29, 1.82) is 0 Å². The number of rotatable bonds is 3. The standard InChI is InChI=1S/C12H14N8OS/c1-7-2-4-8(5-3-7)10-17-18(12(21)20(10)14)6-9-15-16-11(22)19(9)13/h2-5H,6,13-14H2,1H3,(H,16,22). The number of nitrogens with one attached hydrogen (secondary N) is 1. The van der Waals surface area contributed by atoms with Crippen molar-refractivity contribution in [2.24, 2.45) is 0 Å². The number of hydrogen-bond donors (Lipinski definition) is 3. The molecule has 9 nitrogen and oxygen atoms in total. The monoisotopic (exact) mass is 318 g/mol. The first-order valence-corrected chi connectivity index (χ1v) is 6.81. The van der Waals surface area contributed by atoms with Crippen LogP contribution in [-0.4, -0.2) is 29.3 Å². The van der Waals surface area contributed by atoms with E-state index in [1.807, 2.05) is 31.2 Å². The molecule has 0 atom stereocenters. The topological polar surface area (TPSA) is 125 Å². The summed E-state index contributed by atoms with van der Waals surface area (Å²) in [7, 11) is 0. The molecule has 10 heteroatoms. The van der Waals surface area contributed by atoms with E-state index in [9.17, 15) is 4.79 Å². The molecule has 0 spiro atoms. The summed E-state index contributed by atoms with van der Waals surface area (Å²) in [5.74, 6) is 12.3. The zero-order valence-corrected chi connectivity index (χ0v) is 12.5. The Morgan fingerprint density at radius 1 is 1.23 bits per heavy atom. The number of aromatic nitrogens is 6. The maximum Gasteiger partial charge on any atom is 0.365 e. The Bertz CT molecular complexity index is 929. The second-order valence-corrected chi connectivity index (χ2v) is 5.20. The van der Waals surface area contributed by atoms with Gasteiger partial charge in [-0.25, -0.2) is 14.2 Å². The minimum Gasteiger partial charge on any atom is -0.335 e. The fourth-order valence-electron chi connectivity index (χ4n) is 2.01. The van der Waals surface area contributed by atoms with Crippen molar-refractivity contribution < 1.29 is 0 Å². The van der Waals surface area contributed by atoms with Gasteiger partial charge in [0.05, 0.1) is 0 Å². The average Bonchev–Trinajstić information content (AvgIpc) is 2.96. The summed E-state index contributed by atoms with van der Waals surface area (Å²) in [5, 5.41) is 10.7. The molecule has 0 unspecified atom stereocenters. The van der Waals surface area contributed by atoms with Crippen molar-refractivity contribution in [3.05, 3.63) is 50.9 Å². The SMILES string of the molecule is Cc1ccc(-c2nn(Cc3n[nH]c(=S)n3N)c(=O)n2N)cc1. The van der Waals surface area contributed by atoms with Crippen LogP contribution in [0.1, 0.15) is 11.4 Å². The van der Waals surface area contributed by atoms with E-state index < -0.39 is 5.69 Å². The van der Waals surface area contributed by atoms with Gasteiger partial charge in [-0.3, -0.25) is 5.10 Å². The van der Waals surface area contributed by atoms with E-state index in [1.165, 1.54) is 9.36 Å². The van der Waals surface area contributed by atoms with Crippen molar-refractivity contribution in [1.82, 2.24) is 29.3 Å². The molecular weight excluding hydrogens is 304 g/mol. The van der Waals surface area contributed by atoms with Gasteiger partial charge in [0.1, 0.15) is 6.54 Å². The minimum atomic E-state index is -0.468. The molecule has 0 bridgehead atoms. The van der Waals surface area contributed by atoms with Crippen LogP contribution < -0.4 is 17.4 Å².